The maximum absolute atomic E-state index is 12.5. The number of nitrogens with zero attached hydrogens (tertiary/aromatic N) is 5. The first-order valence-corrected chi connectivity index (χ1v) is 11.2. The van der Waals surface area contributed by atoms with Gasteiger partial charge in [0.1, 0.15) is 11.6 Å². The Kier molecular flexibility index (Phi) is 5.07. The van der Waals surface area contributed by atoms with Crippen LogP contribution in [0, 0.1) is 5.92 Å². The van der Waals surface area contributed by atoms with E-state index in [1.807, 2.05) is 30.7 Å². The fourth-order valence-corrected chi connectivity index (χ4v) is 4.44. The van der Waals surface area contributed by atoms with Crippen LogP contribution in [-0.2, 0) is 11.3 Å². The molecule has 10 heteroatoms. The fourth-order valence-electron chi connectivity index (χ4n) is 4.44. The van der Waals surface area contributed by atoms with E-state index in [0.717, 1.165) is 37.2 Å². The van der Waals surface area contributed by atoms with Crippen LogP contribution < -0.4 is 16.6 Å². The molecule has 10 nitrogen and oxygen atoms in total. The summed E-state index contributed by atoms with van der Waals surface area (Å²) >= 11 is 0. The Balaban J connectivity index is 1.47. The number of aryl methyl sites for hydroxylation is 1. The lowest BCUT2D eigenvalue weighted by Crippen LogP contribution is -2.31. The molecular weight excluding hydrogens is 410 g/mol. The Labute approximate surface area is 184 Å². The van der Waals surface area contributed by atoms with Gasteiger partial charge < -0.3 is 14.8 Å². The minimum absolute atomic E-state index is 0.177. The summed E-state index contributed by atoms with van der Waals surface area (Å²) in [6.07, 6.45) is 5.06. The summed E-state index contributed by atoms with van der Waals surface area (Å²) in [4.78, 5) is 50.0. The van der Waals surface area contributed by atoms with Gasteiger partial charge in [0, 0.05) is 56.8 Å². The number of likely N-dealkylation sites (tertiary alicyclic amines) is 1. The van der Waals surface area contributed by atoms with Gasteiger partial charge in [0.15, 0.2) is 11.2 Å². The zero-order valence-electron chi connectivity index (χ0n) is 18.3. The lowest BCUT2D eigenvalue weighted by atomic mass is 10.1. The molecule has 1 unspecified atom stereocenters. The summed E-state index contributed by atoms with van der Waals surface area (Å²) in [6, 6.07) is 4.04. The van der Waals surface area contributed by atoms with E-state index in [1.54, 1.807) is 15.7 Å². The van der Waals surface area contributed by atoms with Gasteiger partial charge in [-0.3, -0.25) is 19.1 Å². The molecule has 1 amide bonds. The lowest BCUT2D eigenvalue weighted by Gasteiger charge is -2.13. The monoisotopic (exact) mass is 437 g/mol. The van der Waals surface area contributed by atoms with Crippen molar-refractivity contribution in [2.45, 2.75) is 45.2 Å². The van der Waals surface area contributed by atoms with Crippen LogP contribution >= 0.6 is 0 Å². The lowest BCUT2D eigenvalue weighted by molar-refractivity contribution is -0.126. The maximum Gasteiger partial charge on any atom is 0.330 e. The number of nitrogens with one attached hydrogen (secondary N) is 2. The highest BCUT2D eigenvalue weighted by atomic mass is 16.2. The summed E-state index contributed by atoms with van der Waals surface area (Å²) in [5, 5.41) is 3.31. The standard InChI is InChI=1S/C22H27N7O3/c1-3-8-28-21-18(20(31)26-22(28)32)25-19(29(21)15-5-6-15)14-4-7-16(24-11-14)23-10-13-9-17(30)27(2)12-13/h4,7,11,13,15H,3,5-6,8-10,12H2,1-2H3,(H,23,24)(H,26,31,32). The van der Waals surface area contributed by atoms with Crippen molar-refractivity contribution < 1.29 is 4.79 Å². The number of imidazole rings is 1. The Morgan fingerprint density at radius 1 is 1.22 bits per heavy atom. The normalized spacial score (nSPS) is 18.6. The number of hydrogen-bond acceptors (Lipinski definition) is 6. The number of fused-ring (bicyclic) bond motifs is 1. The third kappa shape index (κ3) is 3.59. The van der Waals surface area contributed by atoms with Crippen molar-refractivity contribution >= 4 is 22.9 Å². The Bertz CT molecular complexity index is 1280. The smallest absolute Gasteiger partial charge is 0.330 e. The second-order valence-corrected chi connectivity index (χ2v) is 8.78. The second-order valence-electron chi connectivity index (χ2n) is 8.78. The SMILES string of the molecule is CCCn1c(=O)[nH]c(=O)c2nc(-c3ccc(NCC4CC(=O)N(C)C4)nc3)n(C3CC3)c21. The summed E-state index contributed by atoms with van der Waals surface area (Å²) < 4.78 is 3.65. The van der Waals surface area contributed by atoms with Crippen LogP contribution in [0.25, 0.3) is 22.6 Å². The number of hydrogen-bond donors (Lipinski definition) is 2. The van der Waals surface area contributed by atoms with E-state index in [9.17, 15) is 14.4 Å². The fraction of sp³-hybridized carbons (Fsp3) is 0.500. The average molecular weight is 438 g/mol. The van der Waals surface area contributed by atoms with E-state index >= 15 is 0 Å². The third-order valence-corrected chi connectivity index (χ3v) is 6.20. The van der Waals surface area contributed by atoms with E-state index in [2.05, 4.69) is 20.3 Å². The van der Waals surface area contributed by atoms with Crippen molar-refractivity contribution in [1.82, 2.24) is 29.0 Å². The van der Waals surface area contributed by atoms with Crippen molar-refractivity contribution in [2.24, 2.45) is 5.92 Å². The highest BCUT2D eigenvalue weighted by molar-refractivity contribution is 5.78. The van der Waals surface area contributed by atoms with Gasteiger partial charge in [-0.05, 0) is 31.4 Å². The summed E-state index contributed by atoms with van der Waals surface area (Å²) in [6.45, 7) is 3.95. The summed E-state index contributed by atoms with van der Waals surface area (Å²) in [5.41, 5.74) is 0.823. The zero-order valence-corrected chi connectivity index (χ0v) is 18.3. The summed E-state index contributed by atoms with van der Waals surface area (Å²) in [7, 11) is 1.83. The molecule has 1 saturated heterocycles. The second kappa shape index (κ2) is 7.92. The molecule has 0 radical (unpaired) electrons. The molecule has 1 aliphatic heterocycles. The quantitative estimate of drug-likeness (QED) is 0.580. The van der Waals surface area contributed by atoms with Crippen LogP contribution in [0.15, 0.2) is 27.9 Å². The molecule has 0 aromatic carbocycles. The minimum atomic E-state index is -0.458. The van der Waals surface area contributed by atoms with Crippen molar-refractivity contribution in [2.75, 3.05) is 25.5 Å². The van der Waals surface area contributed by atoms with Gasteiger partial charge >= 0.3 is 5.69 Å². The van der Waals surface area contributed by atoms with Gasteiger partial charge in [0.25, 0.3) is 5.56 Å². The van der Waals surface area contributed by atoms with Crippen molar-refractivity contribution in [3.63, 3.8) is 0 Å². The van der Waals surface area contributed by atoms with Gasteiger partial charge in [0.2, 0.25) is 5.91 Å². The van der Waals surface area contributed by atoms with E-state index in [1.165, 1.54) is 0 Å². The van der Waals surface area contributed by atoms with Crippen molar-refractivity contribution in [1.29, 1.82) is 0 Å². The molecule has 32 heavy (non-hydrogen) atoms. The number of anilines is 1. The molecule has 1 aliphatic carbocycles. The van der Waals surface area contributed by atoms with Gasteiger partial charge in [0.05, 0.1) is 0 Å². The Morgan fingerprint density at radius 3 is 2.66 bits per heavy atom. The minimum Gasteiger partial charge on any atom is -0.370 e. The van der Waals surface area contributed by atoms with E-state index in [0.29, 0.717) is 31.0 Å². The number of aromatic nitrogens is 5. The maximum atomic E-state index is 12.5. The van der Waals surface area contributed by atoms with Gasteiger partial charge in [-0.2, -0.15) is 0 Å². The van der Waals surface area contributed by atoms with E-state index < -0.39 is 11.2 Å². The zero-order chi connectivity index (χ0) is 22.4. The van der Waals surface area contributed by atoms with Crippen LogP contribution in [0.1, 0.15) is 38.6 Å². The molecule has 0 spiro atoms. The number of pyridine rings is 1. The molecule has 4 heterocycles. The van der Waals surface area contributed by atoms with Crippen LogP contribution in [0.3, 0.4) is 0 Å². The first-order chi connectivity index (χ1) is 15.5. The van der Waals surface area contributed by atoms with E-state index in [4.69, 9.17) is 0 Å². The largest absolute Gasteiger partial charge is 0.370 e. The summed E-state index contributed by atoms with van der Waals surface area (Å²) in [5.74, 6) is 1.83. The molecule has 3 aromatic heterocycles. The molecule has 2 fully saturated rings. The van der Waals surface area contributed by atoms with Crippen LogP contribution in [0.5, 0.6) is 0 Å². The van der Waals surface area contributed by atoms with E-state index in [-0.39, 0.29) is 23.4 Å². The number of rotatable bonds is 7. The number of aromatic amines is 1. The Hall–Kier alpha value is -3.43. The molecule has 2 aliphatic rings. The average Bonchev–Trinajstić information content (AvgIpc) is 3.45. The molecule has 168 valence electrons. The highest BCUT2D eigenvalue weighted by Gasteiger charge is 2.31. The third-order valence-electron chi connectivity index (χ3n) is 6.20. The molecule has 1 saturated carbocycles. The Morgan fingerprint density at radius 2 is 2.03 bits per heavy atom. The van der Waals surface area contributed by atoms with Crippen molar-refractivity contribution in [3.8, 4) is 11.4 Å². The first-order valence-electron chi connectivity index (χ1n) is 11.2. The van der Waals surface area contributed by atoms with Crippen molar-refractivity contribution in [3.05, 3.63) is 39.2 Å². The molecule has 3 aromatic rings. The molecule has 0 bridgehead atoms. The van der Waals surface area contributed by atoms with Gasteiger partial charge in [-0.1, -0.05) is 6.92 Å². The first kappa shape index (κ1) is 20.5. The number of amides is 1. The van der Waals surface area contributed by atoms with Crippen LogP contribution in [-0.4, -0.2) is 55.0 Å². The highest BCUT2D eigenvalue weighted by Crippen LogP contribution is 2.40. The number of carbonyl (C=O) groups excluding carboxylic acids is 1. The number of H-pyrrole nitrogens is 1. The molecule has 5 rings (SSSR count). The molecular formula is C22H27N7O3. The molecule has 2 N–H and O–H groups in total. The number of carbonyl (C=O) groups is 1. The predicted octanol–water partition coefficient (Wildman–Crippen LogP) is 1.58. The van der Waals surface area contributed by atoms with Crippen LogP contribution in [0.4, 0.5) is 5.82 Å². The van der Waals surface area contributed by atoms with Gasteiger partial charge in [-0.15, -0.1) is 0 Å². The predicted molar refractivity (Wildman–Crippen MR) is 121 cm³/mol. The molecule has 1 atom stereocenters. The topological polar surface area (TPSA) is 118 Å². The van der Waals surface area contributed by atoms with Crippen LogP contribution in [0.2, 0.25) is 0 Å². The van der Waals surface area contributed by atoms with Gasteiger partial charge in [-0.25, -0.2) is 14.8 Å².